The molecule has 0 unspecified atom stereocenters. The number of nitrogens with zero attached hydrogens (tertiary/aromatic N) is 3. The predicted octanol–water partition coefficient (Wildman–Crippen LogP) is 2.97. The number of likely N-dealkylation sites (tertiary alicyclic amines) is 2. The molecular formula is C24H39ClN4O2. The molecule has 1 N–H and O–H groups in total. The number of fused-ring (bicyclic) bond motifs is 2. The molecule has 3 aliphatic heterocycles. The van der Waals surface area contributed by atoms with Gasteiger partial charge in [0, 0.05) is 71.3 Å². The zero-order valence-electron chi connectivity index (χ0n) is 18.9. The summed E-state index contributed by atoms with van der Waals surface area (Å²) in [6.45, 7) is 7.10. The number of hydrogen-bond donors (Lipinski definition) is 1. The van der Waals surface area contributed by atoms with Crippen molar-refractivity contribution in [3.8, 4) is 0 Å². The van der Waals surface area contributed by atoms with Gasteiger partial charge < -0.3 is 15.0 Å². The smallest absolute Gasteiger partial charge is 0.222 e. The van der Waals surface area contributed by atoms with E-state index in [0.717, 1.165) is 70.9 Å². The summed E-state index contributed by atoms with van der Waals surface area (Å²) in [4.78, 5) is 21.6. The van der Waals surface area contributed by atoms with E-state index in [9.17, 15) is 4.79 Å². The number of carbonyl (C=O) groups is 1. The molecule has 31 heavy (non-hydrogen) atoms. The molecular weight excluding hydrogens is 412 g/mol. The second kappa shape index (κ2) is 12.1. The van der Waals surface area contributed by atoms with Crippen LogP contribution in [0.25, 0.3) is 0 Å². The van der Waals surface area contributed by atoms with Crippen molar-refractivity contribution < 1.29 is 9.53 Å². The molecule has 1 amide bonds. The van der Waals surface area contributed by atoms with Crippen molar-refractivity contribution in [1.29, 1.82) is 0 Å². The van der Waals surface area contributed by atoms with E-state index in [1.807, 2.05) is 18.5 Å². The third kappa shape index (κ3) is 6.88. The summed E-state index contributed by atoms with van der Waals surface area (Å²) in [6.07, 6.45) is 10.1. The zero-order chi connectivity index (χ0) is 20.8. The van der Waals surface area contributed by atoms with Crippen LogP contribution in [-0.2, 0) is 16.1 Å². The minimum atomic E-state index is 0. The van der Waals surface area contributed by atoms with Gasteiger partial charge in [0.25, 0.3) is 0 Å². The first-order valence-electron chi connectivity index (χ1n) is 11.8. The van der Waals surface area contributed by atoms with Crippen molar-refractivity contribution in [2.24, 2.45) is 17.8 Å². The zero-order valence-corrected chi connectivity index (χ0v) is 19.7. The minimum Gasteiger partial charge on any atom is -0.384 e. The molecule has 0 aromatic carbocycles. The molecule has 7 heteroatoms. The fourth-order valence-corrected chi connectivity index (χ4v) is 5.71. The Balaban J connectivity index is 0.00000272. The maximum absolute atomic E-state index is 12.6. The van der Waals surface area contributed by atoms with Gasteiger partial charge in [-0.05, 0) is 68.0 Å². The Hall–Kier alpha value is -1.21. The molecule has 174 valence electrons. The Kier molecular flexibility index (Phi) is 9.57. The Labute approximate surface area is 193 Å². The van der Waals surface area contributed by atoms with Gasteiger partial charge >= 0.3 is 0 Å². The molecule has 3 saturated heterocycles. The Morgan fingerprint density at radius 2 is 2.13 bits per heavy atom. The number of ether oxygens (including phenoxy) is 1. The van der Waals surface area contributed by atoms with Crippen molar-refractivity contribution >= 4 is 18.3 Å². The number of aromatic nitrogens is 1. The van der Waals surface area contributed by atoms with Crippen molar-refractivity contribution in [3.05, 3.63) is 30.1 Å². The molecule has 6 nitrogen and oxygen atoms in total. The van der Waals surface area contributed by atoms with Gasteiger partial charge in [-0.25, -0.2) is 0 Å². The number of amides is 1. The molecule has 0 spiro atoms. The normalized spacial score (nSPS) is 27.0. The summed E-state index contributed by atoms with van der Waals surface area (Å²) < 4.78 is 5.27. The summed E-state index contributed by atoms with van der Waals surface area (Å²) in [5.41, 5.74) is 1.31. The van der Waals surface area contributed by atoms with E-state index >= 15 is 0 Å². The van der Waals surface area contributed by atoms with Gasteiger partial charge in [0.15, 0.2) is 0 Å². The highest BCUT2D eigenvalue weighted by Crippen LogP contribution is 2.31. The highest BCUT2D eigenvalue weighted by Gasteiger charge is 2.36. The molecule has 3 atom stereocenters. The van der Waals surface area contributed by atoms with Crippen LogP contribution in [0.3, 0.4) is 0 Å². The third-order valence-corrected chi connectivity index (χ3v) is 7.29. The first kappa shape index (κ1) is 24.4. The molecule has 0 radical (unpaired) electrons. The molecule has 4 heterocycles. The van der Waals surface area contributed by atoms with Crippen LogP contribution in [0.1, 0.15) is 44.1 Å². The standard InChI is InChI=1S/C24H38N4O2.ClH/c1-30-18-19-7-10-28(11-8-19)24(29)6-2-5-23-22-12-21(14-26-23)16-27(17-22)15-20-4-3-9-25-13-20;/h3-4,9,13,19,21-23,26H,2,5-8,10-12,14-18H2,1H3;1H/t21-,22+,23+;/m0./s1. The maximum atomic E-state index is 12.6. The van der Waals surface area contributed by atoms with E-state index in [1.54, 1.807) is 7.11 Å². The van der Waals surface area contributed by atoms with Crippen molar-refractivity contribution in [2.45, 2.75) is 51.1 Å². The van der Waals surface area contributed by atoms with E-state index in [2.05, 4.69) is 26.2 Å². The number of piperidine rings is 3. The first-order chi connectivity index (χ1) is 14.7. The summed E-state index contributed by atoms with van der Waals surface area (Å²) in [7, 11) is 1.77. The van der Waals surface area contributed by atoms with Crippen LogP contribution in [0.2, 0.25) is 0 Å². The van der Waals surface area contributed by atoms with Gasteiger partial charge in [-0.3, -0.25) is 14.7 Å². The minimum absolute atomic E-state index is 0. The molecule has 4 rings (SSSR count). The second-order valence-corrected chi connectivity index (χ2v) is 9.60. The van der Waals surface area contributed by atoms with Crippen LogP contribution in [0, 0.1) is 17.8 Å². The van der Waals surface area contributed by atoms with E-state index in [1.165, 1.54) is 18.5 Å². The van der Waals surface area contributed by atoms with Gasteiger partial charge in [0.05, 0.1) is 0 Å². The number of nitrogens with one attached hydrogen (secondary N) is 1. The quantitative estimate of drug-likeness (QED) is 0.659. The molecule has 2 bridgehead atoms. The lowest BCUT2D eigenvalue weighted by atomic mass is 9.79. The van der Waals surface area contributed by atoms with Crippen molar-refractivity contribution in [1.82, 2.24) is 20.1 Å². The first-order valence-corrected chi connectivity index (χ1v) is 11.8. The highest BCUT2D eigenvalue weighted by molar-refractivity contribution is 5.85. The summed E-state index contributed by atoms with van der Waals surface area (Å²) in [6, 6.07) is 4.76. The highest BCUT2D eigenvalue weighted by atomic mass is 35.5. The molecule has 1 aromatic heterocycles. The molecule has 3 aliphatic rings. The summed E-state index contributed by atoms with van der Waals surface area (Å²) in [5, 5.41) is 3.80. The number of carbonyl (C=O) groups excluding carboxylic acids is 1. The van der Waals surface area contributed by atoms with Gasteiger partial charge in [-0.15, -0.1) is 12.4 Å². The number of halogens is 1. The molecule has 1 aromatic rings. The van der Waals surface area contributed by atoms with Gasteiger partial charge in [0.2, 0.25) is 5.91 Å². The predicted molar refractivity (Wildman–Crippen MR) is 125 cm³/mol. The number of pyridine rings is 1. The fourth-order valence-electron chi connectivity index (χ4n) is 5.71. The fraction of sp³-hybridized carbons (Fsp3) is 0.750. The SMILES string of the molecule is COCC1CCN(C(=O)CCC[C@H]2NC[C@@H]3C[C@@H]2CN(Cc2cccnc2)C3)CC1.Cl. The lowest BCUT2D eigenvalue weighted by Gasteiger charge is -2.46. The summed E-state index contributed by atoms with van der Waals surface area (Å²) in [5.74, 6) is 2.43. The van der Waals surface area contributed by atoms with Crippen LogP contribution in [-0.4, -0.2) is 73.2 Å². The van der Waals surface area contributed by atoms with Crippen LogP contribution in [0.15, 0.2) is 24.5 Å². The Morgan fingerprint density at radius 3 is 2.87 bits per heavy atom. The lowest BCUT2D eigenvalue weighted by molar-refractivity contribution is -0.133. The van der Waals surface area contributed by atoms with E-state index in [-0.39, 0.29) is 12.4 Å². The lowest BCUT2D eigenvalue weighted by Crippen LogP contribution is -2.55. The number of rotatable bonds is 8. The largest absolute Gasteiger partial charge is 0.384 e. The van der Waals surface area contributed by atoms with E-state index < -0.39 is 0 Å². The Bertz CT molecular complexity index is 669. The van der Waals surface area contributed by atoms with E-state index in [0.29, 0.717) is 30.2 Å². The van der Waals surface area contributed by atoms with Crippen LogP contribution < -0.4 is 5.32 Å². The monoisotopic (exact) mass is 450 g/mol. The van der Waals surface area contributed by atoms with Crippen LogP contribution >= 0.6 is 12.4 Å². The number of methoxy groups -OCH3 is 1. The van der Waals surface area contributed by atoms with Crippen LogP contribution in [0.5, 0.6) is 0 Å². The topological polar surface area (TPSA) is 57.7 Å². The third-order valence-electron chi connectivity index (χ3n) is 7.29. The van der Waals surface area contributed by atoms with Crippen molar-refractivity contribution in [2.75, 3.05) is 46.4 Å². The maximum Gasteiger partial charge on any atom is 0.222 e. The van der Waals surface area contributed by atoms with Crippen molar-refractivity contribution in [3.63, 3.8) is 0 Å². The van der Waals surface area contributed by atoms with Crippen LogP contribution in [0.4, 0.5) is 0 Å². The molecule has 3 fully saturated rings. The summed E-state index contributed by atoms with van der Waals surface area (Å²) >= 11 is 0. The van der Waals surface area contributed by atoms with Gasteiger partial charge in [0.1, 0.15) is 0 Å². The number of hydrogen-bond acceptors (Lipinski definition) is 5. The average Bonchev–Trinajstić information content (AvgIpc) is 2.77. The van der Waals surface area contributed by atoms with E-state index in [4.69, 9.17) is 4.74 Å². The molecule has 0 aliphatic carbocycles. The molecule has 0 saturated carbocycles. The van der Waals surface area contributed by atoms with Gasteiger partial charge in [-0.2, -0.15) is 0 Å². The second-order valence-electron chi connectivity index (χ2n) is 9.60. The average molecular weight is 451 g/mol. The van der Waals surface area contributed by atoms with Gasteiger partial charge in [-0.1, -0.05) is 6.07 Å². The Morgan fingerprint density at radius 1 is 1.29 bits per heavy atom.